The molecule has 2 nitrogen and oxygen atoms in total. The van der Waals surface area contributed by atoms with Gasteiger partial charge in [-0.1, -0.05) is 0 Å². The van der Waals surface area contributed by atoms with Gasteiger partial charge in [0.25, 0.3) is 9.84 Å². The number of hydrogen-bond acceptors (Lipinski definition) is 2. The minimum atomic E-state index is -5.02. The van der Waals surface area contributed by atoms with Crippen LogP contribution in [-0.2, 0) is 16.0 Å². The van der Waals surface area contributed by atoms with Crippen molar-refractivity contribution in [1.29, 1.82) is 0 Å². The molecule has 1 aromatic carbocycles. The van der Waals surface area contributed by atoms with Gasteiger partial charge in [0.2, 0.25) is 0 Å². The molecule has 0 aromatic heterocycles. The number of halogens is 6. The highest BCUT2D eigenvalue weighted by Gasteiger charge is 2.43. The van der Waals surface area contributed by atoms with Gasteiger partial charge in [0.15, 0.2) is 0 Å². The summed E-state index contributed by atoms with van der Waals surface area (Å²) in [7, 11) is -5.02. The van der Waals surface area contributed by atoms with E-state index in [1.165, 1.54) is 0 Å². The van der Waals surface area contributed by atoms with Crippen LogP contribution in [0.25, 0.3) is 0 Å². The Morgan fingerprint density at radius 2 is 1.35 bits per heavy atom. The van der Waals surface area contributed by atoms with Gasteiger partial charge < -0.3 is 0 Å². The third kappa shape index (κ3) is 2.95. The van der Waals surface area contributed by atoms with Gasteiger partial charge in [-0.25, -0.2) is 8.42 Å². The van der Waals surface area contributed by atoms with Gasteiger partial charge in [-0.3, -0.25) is 0 Å². The fraction of sp³-hybridized carbons (Fsp3) is 0.250. The van der Waals surface area contributed by atoms with E-state index in [2.05, 4.69) is 0 Å². The van der Waals surface area contributed by atoms with Crippen LogP contribution in [0.3, 0.4) is 0 Å². The molecule has 1 rings (SSSR count). The van der Waals surface area contributed by atoms with Crippen molar-refractivity contribution in [3.8, 4) is 0 Å². The van der Waals surface area contributed by atoms with Crippen LogP contribution in [0.5, 0.6) is 0 Å². The molecule has 17 heavy (non-hydrogen) atoms. The first kappa shape index (κ1) is 14.4. The Morgan fingerprint density at radius 3 is 1.65 bits per heavy atom. The third-order valence-electron chi connectivity index (χ3n) is 1.80. The summed E-state index contributed by atoms with van der Waals surface area (Å²) in [5.41, 5.74) is -1.12. The van der Waals surface area contributed by atoms with Crippen LogP contribution >= 0.6 is 15.9 Å². The molecule has 0 aliphatic rings. The van der Waals surface area contributed by atoms with Crippen LogP contribution in [0.4, 0.5) is 22.0 Å². The van der Waals surface area contributed by atoms with Gasteiger partial charge in [0, 0.05) is 15.9 Å². The molecule has 0 saturated heterocycles. The Balaban J connectivity index is 3.22. The van der Waals surface area contributed by atoms with Crippen molar-refractivity contribution in [1.82, 2.24) is 0 Å². The first-order valence-corrected chi connectivity index (χ1v) is 6.22. The van der Waals surface area contributed by atoms with Crippen LogP contribution in [0.15, 0.2) is 29.2 Å². The fourth-order valence-corrected chi connectivity index (χ4v) is 2.28. The highest BCUT2D eigenvalue weighted by Crippen LogP contribution is 2.36. The molecule has 1 aromatic rings. The van der Waals surface area contributed by atoms with E-state index >= 15 is 0 Å². The Labute approximate surface area is 101 Å². The molecule has 0 fully saturated rings. The van der Waals surface area contributed by atoms with E-state index in [9.17, 15) is 30.4 Å². The van der Waals surface area contributed by atoms with Gasteiger partial charge in [0.05, 0.1) is 10.5 Å². The summed E-state index contributed by atoms with van der Waals surface area (Å²) in [6, 6.07) is 1.80. The molecule has 0 aliphatic carbocycles. The molecule has 0 aliphatic heterocycles. The summed E-state index contributed by atoms with van der Waals surface area (Å²) in [6.07, 6.45) is -4.65. The highest BCUT2D eigenvalue weighted by atomic mass is 79.9. The van der Waals surface area contributed by atoms with Crippen molar-refractivity contribution in [3.63, 3.8) is 0 Å². The average Bonchev–Trinajstić information content (AvgIpc) is 2.15. The average molecular weight is 339 g/mol. The predicted octanol–water partition coefficient (Wildman–Crippen LogP) is 3.42. The lowest BCUT2D eigenvalue weighted by Crippen LogP contribution is -2.21. The van der Waals surface area contributed by atoms with E-state index in [1.54, 1.807) is 15.9 Å². The molecule has 96 valence electrons. The second-order valence-corrected chi connectivity index (χ2v) is 6.48. The molecule has 0 atom stereocenters. The second-order valence-electron chi connectivity index (χ2n) is 2.97. The third-order valence-corrected chi connectivity index (χ3v) is 4.58. The molecule has 0 amide bonds. The molecule has 0 spiro atoms. The molecular formula is C8H4BrF5O2S. The molecule has 9 heteroatoms. The number of alkyl halides is 6. The smallest absolute Gasteiger partial charge is 0.216 e. The van der Waals surface area contributed by atoms with E-state index in [0.29, 0.717) is 24.3 Å². The summed E-state index contributed by atoms with van der Waals surface area (Å²) >= 11 is 1.65. The number of rotatable bonds is 2. The van der Waals surface area contributed by atoms with Crippen LogP contribution in [0, 0.1) is 0 Å². The summed E-state index contributed by atoms with van der Waals surface area (Å²) < 4.78 is 79.7. The van der Waals surface area contributed by atoms with Crippen LogP contribution < -0.4 is 0 Å². The van der Waals surface area contributed by atoms with E-state index in [1.807, 2.05) is 0 Å². The summed E-state index contributed by atoms with van der Waals surface area (Å²) in [4.78, 5) is -0.896. The molecule has 0 heterocycles. The molecule has 0 N–H and O–H groups in total. The van der Waals surface area contributed by atoms with E-state index in [4.69, 9.17) is 0 Å². The number of benzene rings is 1. The maximum atomic E-state index is 12.6. The Kier molecular flexibility index (Phi) is 3.55. The summed E-state index contributed by atoms with van der Waals surface area (Å²) in [5.74, 6) is 0. The predicted molar refractivity (Wildman–Crippen MR) is 52.5 cm³/mol. The molecular weight excluding hydrogens is 335 g/mol. The lowest BCUT2D eigenvalue weighted by Gasteiger charge is -2.11. The molecule has 0 saturated carbocycles. The minimum Gasteiger partial charge on any atom is -0.216 e. The van der Waals surface area contributed by atoms with Gasteiger partial charge >= 0.3 is 10.3 Å². The van der Waals surface area contributed by atoms with Crippen molar-refractivity contribution in [2.24, 2.45) is 0 Å². The van der Waals surface area contributed by atoms with Crippen LogP contribution in [0.1, 0.15) is 5.56 Å². The number of sulfone groups is 1. The topological polar surface area (TPSA) is 34.1 Å². The lowest BCUT2D eigenvalue weighted by molar-refractivity contribution is -0.137. The van der Waals surface area contributed by atoms with Gasteiger partial charge in [-0.15, -0.1) is 0 Å². The quantitative estimate of drug-likeness (QED) is 0.611. The zero-order chi connectivity index (χ0) is 13.5. The first-order valence-electron chi connectivity index (χ1n) is 3.95. The summed E-state index contributed by atoms with van der Waals surface area (Å²) in [6.45, 7) is 0. The Hall–Kier alpha value is -0.700. The molecule has 0 radical (unpaired) electrons. The fourth-order valence-electron chi connectivity index (χ4n) is 0.957. The maximum Gasteiger partial charge on any atom is 0.416 e. The van der Waals surface area contributed by atoms with E-state index in [0.717, 1.165) is 0 Å². The maximum absolute atomic E-state index is 12.6. The van der Waals surface area contributed by atoms with Crippen molar-refractivity contribution >= 4 is 25.8 Å². The van der Waals surface area contributed by atoms with Gasteiger partial charge in [-0.2, -0.15) is 22.0 Å². The lowest BCUT2D eigenvalue weighted by atomic mass is 10.2. The van der Waals surface area contributed by atoms with Crippen molar-refractivity contribution in [2.45, 2.75) is 15.2 Å². The van der Waals surface area contributed by atoms with Crippen molar-refractivity contribution in [3.05, 3.63) is 29.8 Å². The normalized spacial score (nSPS) is 13.8. The second kappa shape index (κ2) is 4.20. The van der Waals surface area contributed by atoms with E-state index in [-0.39, 0.29) is 0 Å². The summed E-state index contributed by atoms with van der Waals surface area (Å²) in [5, 5.41) is 0. The molecule has 0 bridgehead atoms. The first-order chi connectivity index (χ1) is 7.46. The minimum absolute atomic E-state index is 0.422. The Bertz CT molecular complexity index is 500. The van der Waals surface area contributed by atoms with Crippen molar-refractivity contribution < 1.29 is 30.4 Å². The standard InChI is InChI=1S/C8H4BrF5O2S/c9-8(13,14)17(15,16)6-3-1-5(2-4-6)7(10,11)12/h1-4H. The number of hydrogen-bond donors (Lipinski definition) is 0. The van der Waals surface area contributed by atoms with E-state index < -0.39 is 30.6 Å². The SMILES string of the molecule is O=S(=O)(c1ccc(C(F)(F)F)cc1)C(F)(F)Br. The van der Waals surface area contributed by atoms with Crippen LogP contribution in [0.2, 0.25) is 0 Å². The zero-order valence-corrected chi connectivity index (χ0v) is 10.2. The monoisotopic (exact) mass is 338 g/mol. The molecule has 0 unspecified atom stereocenters. The Morgan fingerprint density at radius 1 is 0.941 bits per heavy atom. The highest BCUT2D eigenvalue weighted by molar-refractivity contribution is 9.11. The van der Waals surface area contributed by atoms with Gasteiger partial charge in [-0.05, 0) is 24.3 Å². The largest absolute Gasteiger partial charge is 0.416 e. The van der Waals surface area contributed by atoms with Gasteiger partial charge in [0.1, 0.15) is 0 Å². The van der Waals surface area contributed by atoms with Crippen molar-refractivity contribution in [2.75, 3.05) is 0 Å². The van der Waals surface area contributed by atoms with Crippen LogP contribution in [-0.4, -0.2) is 12.6 Å². The zero-order valence-electron chi connectivity index (χ0n) is 7.80.